The SMILES string of the molecule is Fc1c[c-]c(-c2ccccn2)c(F)c1.Fc1c[c-]c(-c2ccccn2)c(F)c1.[C-]#N.[C-]#N.[Ir].[Ir].[c-]1ccccc1-c1ccccn1.[c-]1ccccc1-c1ccccn1.c1ccc(-c2ccccn2)nc1. The van der Waals surface area contributed by atoms with Gasteiger partial charge in [0.2, 0.25) is 0 Å². The second-order valence-corrected chi connectivity index (χ2v) is 12.9. The molecule has 0 fully saturated rings. The van der Waals surface area contributed by atoms with E-state index in [-0.39, 0.29) is 51.3 Å². The maximum Gasteiger partial charge on any atom is 0.0886 e. The van der Waals surface area contributed by atoms with Crippen LogP contribution in [0.2, 0.25) is 0 Å². The maximum absolute atomic E-state index is 13.2. The van der Waals surface area contributed by atoms with Gasteiger partial charge in [0.05, 0.1) is 11.4 Å². The fourth-order valence-electron chi connectivity index (χ4n) is 5.48. The summed E-state index contributed by atoms with van der Waals surface area (Å²) >= 11 is 0. The monoisotopic (exact) mass is 1280 g/mol. The Morgan fingerprint density at radius 2 is 0.600 bits per heavy atom. The molecule has 6 aromatic heterocycles. The predicted molar refractivity (Wildman–Crippen MR) is 251 cm³/mol. The molecule has 0 unspecified atom stereocenters. The summed E-state index contributed by atoms with van der Waals surface area (Å²) in [6.45, 7) is 9.50. The zero-order valence-corrected chi connectivity index (χ0v) is 41.3. The second kappa shape index (κ2) is 34.1. The molecule has 0 atom stereocenters. The van der Waals surface area contributed by atoms with E-state index in [2.05, 4.69) is 54.2 Å². The van der Waals surface area contributed by atoms with Crippen LogP contribution >= 0.6 is 0 Å². The first-order valence-corrected chi connectivity index (χ1v) is 20.0. The van der Waals surface area contributed by atoms with Gasteiger partial charge in [-0.15, -0.1) is 96.1 Å². The smallest absolute Gasteiger partial charge is 0.0886 e. The third-order valence-electron chi connectivity index (χ3n) is 8.45. The molecule has 0 aliphatic heterocycles. The van der Waals surface area contributed by atoms with Crippen molar-refractivity contribution in [1.29, 1.82) is 10.5 Å². The Kier molecular flexibility index (Phi) is 28.2. The molecule has 0 aliphatic carbocycles. The standard InChI is InChI=1S/2C11H6F2N.2C11H8N.C10H8N2.2CN.2Ir/c2*12-8-4-5-9(10(13)7-8)11-3-1-2-6-14-11;2*1-2-6-10(7-3-1)11-8-4-5-9-12-11;1-3-7-11-9(5-1)10-6-2-4-8-12-10;2*1-2;;/h2*1-4,6-7H;2*1-6,8-9H;1-8H;;;;/q4*-1;;2*-1;;. The van der Waals surface area contributed by atoms with Crippen LogP contribution in [0.1, 0.15) is 0 Å². The Morgan fingerprint density at radius 3 is 0.843 bits per heavy atom. The van der Waals surface area contributed by atoms with Crippen LogP contribution in [0.3, 0.4) is 0 Å². The first kappa shape index (κ1) is 57.9. The Bertz CT molecular complexity index is 2570. The van der Waals surface area contributed by atoms with Crippen molar-refractivity contribution in [2.24, 2.45) is 0 Å². The van der Waals surface area contributed by atoms with Crippen molar-refractivity contribution in [2.45, 2.75) is 0 Å². The molecule has 0 N–H and O–H groups in total. The van der Waals surface area contributed by atoms with Crippen molar-refractivity contribution in [3.63, 3.8) is 0 Å². The van der Waals surface area contributed by atoms with Crippen molar-refractivity contribution in [2.75, 3.05) is 0 Å². The fraction of sp³-hybridized carbons (Fsp3) is 0. The molecule has 352 valence electrons. The molecular formula is C56H36F4Ir2N8-6. The molecule has 0 amide bonds. The van der Waals surface area contributed by atoms with Gasteiger partial charge in [0.15, 0.2) is 0 Å². The van der Waals surface area contributed by atoms with Crippen molar-refractivity contribution in [3.05, 3.63) is 280 Å². The minimum atomic E-state index is -0.649. The number of rotatable bonds is 5. The molecule has 2 radical (unpaired) electrons. The number of pyridine rings is 6. The van der Waals surface area contributed by atoms with Gasteiger partial charge in [-0.1, -0.05) is 83.9 Å². The van der Waals surface area contributed by atoms with Gasteiger partial charge in [-0.05, 0) is 71.3 Å². The molecule has 0 bridgehead atoms. The van der Waals surface area contributed by atoms with Crippen molar-refractivity contribution >= 4 is 0 Å². The van der Waals surface area contributed by atoms with E-state index in [1.165, 1.54) is 0 Å². The molecule has 0 spiro atoms. The summed E-state index contributed by atoms with van der Waals surface area (Å²) in [5.41, 5.74) is 7.12. The van der Waals surface area contributed by atoms with E-state index < -0.39 is 23.3 Å². The molecule has 0 saturated heterocycles. The van der Waals surface area contributed by atoms with Gasteiger partial charge in [-0.3, -0.25) is 27.5 Å². The Balaban J connectivity index is 0.000000293. The minimum absolute atomic E-state index is 0. The van der Waals surface area contributed by atoms with E-state index in [0.717, 1.165) is 58.2 Å². The minimum Gasteiger partial charge on any atom is -0.512 e. The topological polar surface area (TPSA) is 125 Å². The van der Waals surface area contributed by atoms with Crippen LogP contribution in [0.5, 0.6) is 0 Å². The summed E-state index contributed by atoms with van der Waals surface area (Å²) in [6.07, 6.45) is 10.2. The van der Waals surface area contributed by atoms with E-state index in [9.17, 15) is 17.6 Å². The third kappa shape index (κ3) is 19.9. The Morgan fingerprint density at radius 1 is 0.329 bits per heavy atom. The van der Waals surface area contributed by atoms with Crippen LogP contribution in [-0.4, -0.2) is 29.9 Å². The predicted octanol–water partition coefficient (Wildman–Crippen LogP) is 13.1. The van der Waals surface area contributed by atoms with Gasteiger partial charge in [-0.25, -0.2) is 0 Å². The number of nitrogens with zero attached hydrogens (tertiary/aromatic N) is 8. The zero-order valence-electron chi connectivity index (χ0n) is 36.5. The molecule has 6 heterocycles. The summed E-state index contributed by atoms with van der Waals surface area (Å²) in [4.78, 5) is 24.7. The summed E-state index contributed by atoms with van der Waals surface area (Å²) in [7, 11) is 0. The van der Waals surface area contributed by atoms with E-state index in [1.807, 2.05) is 121 Å². The molecule has 10 rings (SSSR count). The first-order chi connectivity index (χ1) is 33.4. The van der Waals surface area contributed by atoms with E-state index >= 15 is 0 Å². The number of hydrogen-bond acceptors (Lipinski definition) is 8. The number of hydrogen-bond donors (Lipinski definition) is 0. The van der Waals surface area contributed by atoms with Crippen LogP contribution in [0, 0.1) is 71.2 Å². The van der Waals surface area contributed by atoms with Crippen molar-refractivity contribution in [3.8, 4) is 56.4 Å². The largest absolute Gasteiger partial charge is 0.512 e. The van der Waals surface area contributed by atoms with Gasteiger partial charge >= 0.3 is 0 Å². The third-order valence-corrected chi connectivity index (χ3v) is 8.45. The second-order valence-electron chi connectivity index (χ2n) is 12.9. The van der Waals surface area contributed by atoms with E-state index in [0.29, 0.717) is 11.4 Å². The van der Waals surface area contributed by atoms with Gasteiger partial charge < -0.3 is 43.6 Å². The van der Waals surface area contributed by atoms with Crippen LogP contribution in [-0.2, 0) is 40.2 Å². The number of halogens is 4. The van der Waals surface area contributed by atoms with Gasteiger partial charge in [-0.2, -0.15) is 0 Å². The van der Waals surface area contributed by atoms with Crippen LogP contribution in [0.25, 0.3) is 56.4 Å². The summed E-state index contributed by atoms with van der Waals surface area (Å²) in [5.74, 6) is -2.57. The summed E-state index contributed by atoms with van der Waals surface area (Å²) < 4.78 is 51.6. The average Bonchev–Trinajstić information content (AvgIpc) is 3.42. The van der Waals surface area contributed by atoms with Gasteiger partial charge in [0.25, 0.3) is 0 Å². The molecule has 0 aliphatic rings. The Hall–Kier alpha value is -8.22. The van der Waals surface area contributed by atoms with Crippen LogP contribution in [0.4, 0.5) is 17.6 Å². The summed E-state index contributed by atoms with van der Waals surface area (Å²) in [6, 6.07) is 64.3. The fourth-order valence-corrected chi connectivity index (χ4v) is 5.48. The molecule has 10 aromatic rings. The average molecular weight is 1280 g/mol. The molecule has 0 saturated carbocycles. The Labute approximate surface area is 431 Å². The van der Waals surface area contributed by atoms with Crippen LogP contribution in [0.15, 0.2) is 219 Å². The van der Waals surface area contributed by atoms with Gasteiger partial charge in [0, 0.05) is 101 Å². The molecule has 4 aromatic carbocycles. The quantitative estimate of drug-likeness (QED) is 0.123. The van der Waals surface area contributed by atoms with E-state index in [1.54, 1.807) is 73.6 Å². The number of aromatic nitrogens is 6. The first-order valence-electron chi connectivity index (χ1n) is 20.0. The number of benzene rings is 4. The van der Waals surface area contributed by atoms with Crippen molar-refractivity contribution < 1.29 is 57.8 Å². The van der Waals surface area contributed by atoms with Crippen LogP contribution < -0.4 is 0 Å². The molecular weight excluding hydrogens is 1250 g/mol. The zero-order chi connectivity index (χ0) is 48.6. The summed E-state index contributed by atoms with van der Waals surface area (Å²) in [5, 5.41) is 12.5. The molecule has 8 nitrogen and oxygen atoms in total. The van der Waals surface area contributed by atoms with Gasteiger partial charge in [0.1, 0.15) is 0 Å². The maximum atomic E-state index is 13.2. The molecule has 70 heavy (non-hydrogen) atoms. The van der Waals surface area contributed by atoms with E-state index in [4.69, 9.17) is 23.7 Å². The normalized spacial score (nSPS) is 9.09. The molecule has 14 heteroatoms. The van der Waals surface area contributed by atoms with Crippen molar-refractivity contribution in [1.82, 2.24) is 29.9 Å².